The van der Waals surface area contributed by atoms with Crippen LogP contribution in [0.25, 0.3) is 0 Å². The molecule has 1 atom stereocenters. The van der Waals surface area contributed by atoms with Crippen LogP contribution in [0.1, 0.15) is 34.9 Å². The number of esters is 1. The predicted molar refractivity (Wildman–Crippen MR) is 138 cm³/mol. The van der Waals surface area contributed by atoms with Gasteiger partial charge < -0.3 is 10.1 Å². The van der Waals surface area contributed by atoms with Crippen LogP contribution in [0.2, 0.25) is 0 Å². The number of amides is 1. The molecule has 0 aromatic heterocycles. The Balaban J connectivity index is 1.54. The molecule has 0 saturated carbocycles. The third kappa shape index (κ3) is 6.04. The molecule has 0 aliphatic carbocycles. The minimum Gasteiger partial charge on any atom is -0.444 e. The van der Waals surface area contributed by atoms with Gasteiger partial charge in [0.2, 0.25) is 16.1 Å². The van der Waals surface area contributed by atoms with Crippen molar-refractivity contribution in [1.82, 2.24) is 4.31 Å². The Bertz CT molecular complexity index is 1420. The summed E-state index contributed by atoms with van der Waals surface area (Å²) in [5, 5.41) is 13.6. The molecule has 3 aromatic carbocycles. The summed E-state index contributed by atoms with van der Waals surface area (Å²) in [4.78, 5) is 36.6. The summed E-state index contributed by atoms with van der Waals surface area (Å²) in [6.07, 6.45) is 0.273. The summed E-state index contributed by atoms with van der Waals surface area (Å²) in [5.41, 5.74) is 0.570. The number of nitro benzene ring substituents is 1. The Morgan fingerprint density at radius 3 is 2.24 bits per heavy atom. The number of nitro groups is 1. The van der Waals surface area contributed by atoms with E-state index in [0.717, 1.165) is 12.8 Å². The molecule has 1 amide bonds. The minimum absolute atomic E-state index is 0.0746. The number of nitrogens with zero attached hydrogens (tertiary/aromatic N) is 2. The predicted octanol–water partition coefficient (Wildman–Crippen LogP) is 4.68. The normalized spacial score (nSPS) is 14.6. The number of nitrogens with one attached hydrogen (secondary N) is 1. The van der Waals surface area contributed by atoms with Crippen molar-refractivity contribution in [3.63, 3.8) is 0 Å². The molecule has 1 aliphatic heterocycles. The van der Waals surface area contributed by atoms with E-state index in [1.807, 2.05) is 0 Å². The molecular formula is C25H22BrN3O7S. The zero-order valence-corrected chi connectivity index (χ0v) is 21.8. The summed E-state index contributed by atoms with van der Waals surface area (Å²) < 4.78 is 32.7. The van der Waals surface area contributed by atoms with Gasteiger partial charge >= 0.3 is 5.97 Å². The standard InChI is InChI=1S/C25H22BrN3O7S/c26-21-16-19(29(32)33)10-13-22(21)27-24(30)23(17-6-2-1-3-7-17)36-25(31)18-8-11-20(12-9-18)37(34,35)28-14-4-5-15-28/h1-3,6-13,16,23H,4-5,14-15H2,(H,27,30). The summed E-state index contributed by atoms with van der Waals surface area (Å²) >= 11 is 3.20. The average Bonchev–Trinajstić information content (AvgIpc) is 3.45. The fraction of sp³-hybridized carbons (Fsp3) is 0.200. The molecule has 1 aliphatic rings. The van der Waals surface area contributed by atoms with Gasteiger partial charge in [0.05, 0.1) is 21.1 Å². The van der Waals surface area contributed by atoms with Crippen molar-refractivity contribution in [2.75, 3.05) is 18.4 Å². The maximum absolute atomic E-state index is 13.2. The molecule has 1 N–H and O–H groups in total. The Morgan fingerprint density at radius 2 is 1.65 bits per heavy atom. The van der Waals surface area contributed by atoms with Crippen LogP contribution in [0.15, 0.2) is 82.2 Å². The summed E-state index contributed by atoms with van der Waals surface area (Å²) in [7, 11) is -3.64. The van der Waals surface area contributed by atoms with E-state index in [1.165, 1.54) is 46.8 Å². The van der Waals surface area contributed by atoms with Crippen LogP contribution >= 0.6 is 15.9 Å². The summed E-state index contributed by atoms with van der Waals surface area (Å²) in [6.45, 7) is 0.926. The van der Waals surface area contributed by atoms with Crippen molar-refractivity contribution in [2.45, 2.75) is 23.8 Å². The molecule has 3 aromatic rings. The van der Waals surface area contributed by atoms with Crippen LogP contribution in [0, 0.1) is 10.1 Å². The number of halogens is 1. The van der Waals surface area contributed by atoms with Gasteiger partial charge in [-0.15, -0.1) is 0 Å². The number of hydrogen-bond donors (Lipinski definition) is 1. The molecule has 1 fully saturated rings. The third-order valence-corrected chi connectivity index (χ3v) is 8.35. The number of ether oxygens (including phenoxy) is 1. The molecule has 192 valence electrons. The highest BCUT2D eigenvalue weighted by molar-refractivity contribution is 9.10. The molecule has 0 spiro atoms. The molecule has 1 saturated heterocycles. The first-order chi connectivity index (χ1) is 17.7. The van der Waals surface area contributed by atoms with Gasteiger partial charge in [0, 0.05) is 35.3 Å². The SMILES string of the molecule is O=C(OC(C(=O)Nc1ccc([N+](=O)[O-])cc1Br)c1ccccc1)c1ccc(S(=O)(=O)N2CCCC2)cc1. The monoisotopic (exact) mass is 587 g/mol. The molecule has 4 rings (SSSR count). The number of carbonyl (C=O) groups is 2. The highest BCUT2D eigenvalue weighted by atomic mass is 79.9. The number of non-ortho nitro benzene ring substituents is 1. The lowest BCUT2D eigenvalue weighted by Crippen LogP contribution is -2.28. The minimum atomic E-state index is -3.64. The molecule has 0 bridgehead atoms. The van der Waals surface area contributed by atoms with Gasteiger partial charge in [-0.25, -0.2) is 13.2 Å². The molecule has 1 heterocycles. The van der Waals surface area contributed by atoms with Gasteiger partial charge in [-0.3, -0.25) is 14.9 Å². The van der Waals surface area contributed by atoms with Crippen LogP contribution < -0.4 is 5.32 Å². The average molecular weight is 588 g/mol. The Hall–Kier alpha value is -3.61. The summed E-state index contributed by atoms with van der Waals surface area (Å²) in [6, 6.07) is 17.6. The van der Waals surface area contributed by atoms with Crippen molar-refractivity contribution < 1.29 is 27.7 Å². The maximum Gasteiger partial charge on any atom is 0.339 e. The van der Waals surface area contributed by atoms with Crippen LogP contribution in [-0.4, -0.2) is 42.6 Å². The Morgan fingerprint density at radius 1 is 1.00 bits per heavy atom. The third-order valence-electron chi connectivity index (χ3n) is 5.78. The van der Waals surface area contributed by atoms with E-state index in [4.69, 9.17) is 4.74 Å². The largest absolute Gasteiger partial charge is 0.444 e. The van der Waals surface area contributed by atoms with Crippen LogP contribution in [0.3, 0.4) is 0 Å². The number of carbonyl (C=O) groups excluding carboxylic acids is 2. The van der Waals surface area contributed by atoms with Crippen molar-refractivity contribution >= 4 is 49.2 Å². The van der Waals surface area contributed by atoms with Crippen LogP contribution in [0.5, 0.6) is 0 Å². The summed E-state index contributed by atoms with van der Waals surface area (Å²) in [5.74, 6) is -1.50. The first-order valence-corrected chi connectivity index (χ1v) is 13.5. The fourth-order valence-electron chi connectivity index (χ4n) is 3.83. The molecular weight excluding hydrogens is 566 g/mol. The van der Waals surface area contributed by atoms with Gasteiger partial charge in [-0.05, 0) is 59.1 Å². The van der Waals surface area contributed by atoms with Gasteiger partial charge in [0.25, 0.3) is 11.6 Å². The van der Waals surface area contributed by atoms with Gasteiger partial charge in [0.15, 0.2) is 0 Å². The van der Waals surface area contributed by atoms with Gasteiger partial charge in [0.1, 0.15) is 0 Å². The fourth-order valence-corrected chi connectivity index (χ4v) is 5.82. The molecule has 12 heteroatoms. The van der Waals surface area contributed by atoms with Crippen molar-refractivity contribution in [2.24, 2.45) is 0 Å². The van der Waals surface area contributed by atoms with E-state index in [-0.39, 0.29) is 26.3 Å². The zero-order valence-electron chi connectivity index (χ0n) is 19.4. The van der Waals surface area contributed by atoms with Crippen LogP contribution in [0.4, 0.5) is 11.4 Å². The quantitative estimate of drug-likeness (QED) is 0.229. The van der Waals surface area contributed by atoms with E-state index < -0.39 is 32.9 Å². The van der Waals surface area contributed by atoms with E-state index in [1.54, 1.807) is 30.3 Å². The highest BCUT2D eigenvalue weighted by Gasteiger charge is 2.29. The molecule has 10 nitrogen and oxygen atoms in total. The van der Waals surface area contributed by atoms with Gasteiger partial charge in [-0.1, -0.05) is 30.3 Å². The van der Waals surface area contributed by atoms with E-state index in [2.05, 4.69) is 21.2 Å². The van der Waals surface area contributed by atoms with Crippen LogP contribution in [-0.2, 0) is 19.6 Å². The number of benzene rings is 3. The number of sulfonamides is 1. The lowest BCUT2D eigenvalue weighted by molar-refractivity contribution is -0.384. The molecule has 0 radical (unpaired) electrons. The zero-order chi connectivity index (χ0) is 26.6. The highest BCUT2D eigenvalue weighted by Crippen LogP contribution is 2.29. The number of anilines is 1. The van der Waals surface area contributed by atoms with E-state index in [9.17, 15) is 28.1 Å². The first-order valence-electron chi connectivity index (χ1n) is 11.3. The maximum atomic E-state index is 13.2. The smallest absolute Gasteiger partial charge is 0.339 e. The van der Waals surface area contributed by atoms with E-state index >= 15 is 0 Å². The van der Waals surface area contributed by atoms with Crippen molar-refractivity contribution in [3.8, 4) is 0 Å². The number of rotatable bonds is 8. The van der Waals surface area contributed by atoms with Crippen molar-refractivity contribution in [1.29, 1.82) is 0 Å². The second-order valence-corrected chi connectivity index (χ2v) is 11.0. The second kappa shape index (κ2) is 11.2. The molecule has 37 heavy (non-hydrogen) atoms. The molecule has 1 unspecified atom stereocenters. The topological polar surface area (TPSA) is 136 Å². The second-order valence-electron chi connectivity index (χ2n) is 8.24. The van der Waals surface area contributed by atoms with Crippen molar-refractivity contribution in [3.05, 3.63) is 98.5 Å². The Kier molecular flexibility index (Phi) is 8.00. The number of hydrogen-bond acceptors (Lipinski definition) is 7. The Labute approximate surface area is 221 Å². The van der Waals surface area contributed by atoms with Gasteiger partial charge in [-0.2, -0.15) is 4.31 Å². The first kappa shape index (κ1) is 26.5. The lowest BCUT2D eigenvalue weighted by atomic mass is 10.1. The lowest BCUT2D eigenvalue weighted by Gasteiger charge is -2.19. The van der Waals surface area contributed by atoms with E-state index in [0.29, 0.717) is 18.7 Å².